The Morgan fingerprint density at radius 2 is 2.17 bits per heavy atom. The van der Waals surface area contributed by atoms with Crippen LogP contribution in [0.1, 0.15) is 31.7 Å². The maximum atomic E-state index is 12.3. The summed E-state index contributed by atoms with van der Waals surface area (Å²) in [5.41, 5.74) is 2.42. The Balaban J connectivity index is 1.67. The highest BCUT2D eigenvalue weighted by Gasteiger charge is 2.55. The molecule has 2 fully saturated rings. The number of amides is 1. The SMILES string of the molecule is C=C1CC2COC(=O)C2(Cc2ccc(NC(=O)OCCC)cc2)C1. The minimum absolute atomic E-state index is 0.100. The van der Waals surface area contributed by atoms with Crippen molar-refractivity contribution in [2.24, 2.45) is 11.3 Å². The summed E-state index contributed by atoms with van der Waals surface area (Å²) in [4.78, 5) is 23.9. The van der Waals surface area contributed by atoms with Gasteiger partial charge in [0.05, 0.1) is 18.6 Å². The van der Waals surface area contributed by atoms with Crippen molar-refractivity contribution in [2.75, 3.05) is 18.5 Å². The number of esters is 1. The van der Waals surface area contributed by atoms with Gasteiger partial charge in [0.25, 0.3) is 0 Å². The lowest BCUT2D eigenvalue weighted by Gasteiger charge is -2.24. The molecule has 0 spiro atoms. The number of hydrogen-bond acceptors (Lipinski definition) is 4. The number of nitrogens with one attached hydrogen (secondary N) is 1. The van der Waals surface area contributed by atoms with Crippen molar-refractivity contribution >= 4 is 17.7 Å². The van der Waals surface area contributed by atoms with Crippen LogP contribution in [-0.2, 0) is 20.7 Å². The molecule has 1 aromatic rings. The maximum absolute atomic E-state index is 12.3. The molecule has 3 rings (SSSR count). The van der Waals surface area contributed by atoms with Crippen LogP contribution in [0.15, 0.2) is 36.4 Å². The first-order chi connectivity index (χ1) is 11.5. The fourth-order valence-corrected chi connectivity index (χ4v) is 3.68. The number of allylic oxidation sites excluding steroid dienone is 1. The van der Waals surface area contributed by atoms with Crippen molar-refractivity contribution in [3.63, 3.8) is 0 Å². The van der Waals surface area contributed by atoms with Crippen LogP contribution in [0.2, 0.25) is 0 Å². The number of cyclic esters (lactones) is 1. The van der Waals surface area contributed by atoms with Gasteiger partial charge in [-0.1, -0.05) is 31.2 Å². The van der Waals surface area contributed by atoms with Crippen LogP contribution in [0.5, 0.6) is 0 Å². The molecule has 1 aliphatic carbocycles. The van der Waals surface area contributed by atoms with Gasteiger partial charge in [0.2, 0.25) is 0 Å². The summed E-state index contributed by atoms with van der Waals surface area (Å²) in [6.45, 7) is 6.91. The Kier molecular flexibility index (Phi) is 4.60. The highest BCUT2D eigenvalue weighted by atomic mass is 16.5. The number of benzene rings is 1. The van der Waals surface area contributed by atoms with E-state index in [-0.39, 0.29) is 11.9 Å². The van der Waals surface area contributed by atoms with E-state index in [0.717, 1.165) is 24.0 Å². The standard InChI is InChI=1S/C19H23NO4/c1-3-8-23-18(22)20-16-6-4-14(5-7-16)11-19-10-13(2)9-15(19)12-24-17(19)21/h4-7,15H,2-3,8-12H2,1H3,(H,20,22). The van der Waals surface area contributed by atoms with E-state index in [9.17, 15) is 9.59 Å². The van der Waals surface area contributed by atoms with E-state index in [2.05, 4.69) is 11.9 Å². The monoisotopic (exact) mass is 329 g/mol. The molecule has 1 heterocycles. The van der Waals surface area contributed by atoms with Crippen molar-refractivity contribution in [1.82, 2.24) is 0 Å². The molecule has 1 aromatic carbocycles. The van der Waals surface area contributed by atoms with Gasteiger partial charge in [-0.25, -0.2) is 4.79 Å². The van der Waals surface area contributed by atoms with Gasteiger partial charge in [-0.3, -0.25) is 10.1 Å². The van der Waals surface area contributed by atoms with E-state index in [1.165, 1.54) is 0 Å². The largest absolute Gasteiger partial charge is 0.465 e. The van der Waals surface area contributed by atoms with Gasteiger partial charge < -0.3 is 9.47 Å². The summed E-state index contributed by atoms with van der Waals surface area (Å²) >= 11 is 0. The number of fused-ring (bicyclic) bond motifs is 1. The molecule has 0 aromatic heterocycles. The predicted molar refractivity (Wildman–Crippen MR) is 90.7 cm³/mol. The van der Waals surface area contributed by atoms with Crippen LogP contribution in [0.3, 0.4) is 0 Å². The van der Waals surface area contributed by atoms with Gasteiger partial charge in [-0.2, -0.15) is 0 Å². The normalized spacial score (nSPS) is 25.3. The van der Waals surface area contributed by atoms with Gasteiger partial charge in [0.15, 0.2) is 0 Å². The van der Waals surface area contributed by atoms with Crippen LogP contribution >= 0.6 is 0 Å². The smallest absolute Gasteiger partial charge is 0.411 e. The van der Waals surface area contributed by atoms with Crippen LogP contribution in [0, 0.1) is 11.3 Å². The number of hydrogen-bond donors (Lipinski definition) is 1. The molecule has 1 N–H and O–H groups in total. The van der Waals surface area contributed by atoms with Gasteiger partial charge in [0, 0.05) is 11.6 Å². The molecule has 5 nitrogen and oxygen atoms in total. The van der Waals surface area contributed by atoms with Crippen molar-refractivity contribution in [2.45, 2.75) is 32.6 Å². The summed E-state index contributed by atoms with van der Waals surface area (Å²) in [5.74, 6) is 0.135. The Morgan fingerprint density at radius 1 is 1.42 bits per heavy atom. The maximum Gasteiger partial charge on any atom is 0.411 e. The molecule has 5 heteroatoms. The van der Waals surface area contributed by atoms with Crippen LogP contribution in [0.4, 0.5) is 10.5 Å². The van der Waals surface area contributed by atoms with E-state index >= 15 is 0 Å². The lowest BCUT2D eigenvalue weighted by Crippen LogP contribution is -2.31. The first-order valence-electron chi connectivity index (χ1n) is 8.40. The second-order valence-electron chi connectivity index (χ2n) is 6.72. The number of anilines is 1. The first kappa shape index (κ1) is 16.6. The number of carbonyl (C=O) groups excluding carboxylic acids is 2. The summed E-state index contributed by atoms with van der Waals surface area (Å²) in [6, 6.07) is 7.54. The van der Waals surface area contributed by atoms with Crippen molar-refractivity contribution in [3.8, 4) is 0 Å². The third kappa shape index (κ3) is 3.16. The Hall–Kier alpha value is -2.30. The average molecular weight is 329 g/mol. The molecule has 0 bridgehead atoms. The Bertz CT molecular complexity index is 652. The van der Waals surface area contributed by atoms with Crippen LogP contribution < -0.4 is 5.32 Å². The molecule has 1 saturated heterocycles. The number of rotatable bonds is 5. The molecule has 1 saturated carbocycles. The molecule has 1 amide bonds. The average Bonchev–Trinajstić information content (AvgIpc) is 3.02. The molecule has 2 aliphatic rings. The van der Waals surface area contributed by atoms with Crippen molar-refractivity contribution in [3.05, 3.63) is 42.0 Å². The topological polar surface area (TPSA) is 64.6 Å². The summed E-state index contributed by atoms with van der Waals surface area (Å²) in [5, 5.41) is 2.69. The van der Waals surface area contributed by atoms with Gasteiger partial charge in [-0.05, 0) is 43.4 Å². The molecule has 2 unspecified atom stereocenters. The van der Waals surface area contributed by atoms with E-state index < -0.39 is 11.5 Å². The lowest BCUT2D eigenvalue weighted by atomic mass is 9.75. The Labute approximate surface area is 142 Å². The van der Waals surface area contributed by atoms with E-state index in [4.69, 9.17) is 9.47 Å². The quantitative estimate of drug-likeness (QED) is 0.661. The molecular weight excluding hydrogens is 306 g/mol. The summed E-state index contributed by atoms with van der Waals surface area (Å²) < 4.78 is 10.3. The highest BCUT2D eigenvalue weighted by Crippen LogP contribution is 2.52. The first-order valence-corrected chi connectivity index (χ1v) is 8.40. The van der Waals surface area contributed by atoms with Gasteiger partial charge in [0.1, 0.15) is 0 Å². The molecule has 1 aliphatic heterocycles. The molecule has 0 radical (unpaired) electrons. The summed E-state index contributed by atoms with van der Waals surface area (Å²) in [7, 11) is 0. The van der Waals surface area contributed by atoms with Gasteiger partial charge >= 0.3 is 12.1 Å². The third-order valence-corrected chi connectivity index (χ3v) is 4.86. The molecule has 2 atom stereocenters. The van der Waals surface area contributed by atoms with E-state index in [1.807, 2.05) is 31.2 Å². The summed E-state index contributed by atoms with van der Waals surface area (Å²) in [6.07, 6.45) is 2.57. The third-order valence-electron chi connectivity index (χ3n) is 4.86. The van der Waals surface area contributed by atoms with Crippen LogP contribution in [0.25, 0.3) is 0 Å². The predicted octanol–water partition coefficient (Wildman–Crippen LogP) is 3.70. The molecule has 24 heavy (non-hydrogen) atoms. The van der Waals surface area contributed by atoms with E-state index in [0.29, 0.717) is 31.7 Å². The molecular formula is C19H23NO4. The second kappa shape index (κ2) is 6.67. The Morgan fingerprint density at radius 3 is 2.88 bits per heavy atom. The zero-order valence-electron chi connectivity index (χ0n) is 14.0. The second-order valence-corrected chi connectivity index (χ2v) is 6.72. The minimum atomic E-state index is -0.452. The van der Waals surface area contributed by atoms with E-state index in [1.54, 1.807) is 0 Å². The number of carbonyl (C=O) groups is 2. The van der Waals surface area contributed by atoms with Crippen molar-refractivity contribution < 1.29 is 19.1 Å². The number of ether oxygens (including phenoxy) is 2. The fourth-order valence-electron chi connectivity index (χ4n) is 3.68. The fraction of sp³-hybridized carbons (Fsp3) is 0.474. The van der Waals surface area contributed by atoms with Gasteiger partial charge in [-0.15, -0.1) is 0 Å². The highest BCUT2D eigenvalue weighted by molar-refractivity contribution is 5.84. The minimum Gasteiger partial charge on any atom is -0.465 e. The molecule has 128 valence electrons. The lowest BCUT2D eigenvalue weighted by molar-refractivity contribution is -0.146. The zero-order valence-corrected chi connectivity index (χ0v) is 14.0. The van der Waals surface area contributed by atoms with Crippen LogP contribution in [-0.4, -0.2) is 25.3 Å². The zero-order chi connectivity index (χ0) is 17.2. The van der Waals surface area contributed by atoms with Crippen molar-refractivity contribution in [1.29, 1.82) is 0 Å².